The molecule has 0 aliphatic carbocycles. The first-order valence-corrected chi connectivity index (χ1v) is 8.97. The summed E-state index contributed by atoms with van der Waals surface area (Å²) in [4.78, 5) is 27.5. The number of hydrogen-bond acceptors (Lipinski definition) is 7. The summed E-state index contributed by atoms with van der Waals surface area (Å²) >= 11 is 1.57. The van der Waals surface area contributed by atoms with Crippen molar-refractivity contribution in [2.75, 3.05) is 25.7 Å². The molecule has 0 saturated heterocycles. The van der Waals surface area contributed by atoms with Crippen LogP contribution < -0.4 is 9.64 Å². The molecule has 144 valence electrons. The van der Waals surface area contributed by atoms with E-state index in [1.807, 2.05) is 61.6 Å². The molecule has 1 heterocycles. The summed E-state index contributed by atoms with van der Waals surface area (Å²) in [6, 6.07) is 7.47. The first-order chi connectivity index (χ1) is 13.0. The van der Waals surface area contributed by atoms with Gasteiger partial charge in [-0.3, -0.25) is 9.59 Å². The molecule has 0 fully saturated rings. The van der Waals surface area contributed by atoms with Gasteiger partial charge in [-0.1, -0.05) is 17.4 Å². The van der Waals surface area contributed by atoms with Crippen LogP contribution in [0.3, 0.4) is 0 Å². The quantitative estimate of drug-likeness (QED) is 0.424. The minimum atomic E-state index is 0.0508. The zero-order valence-corrected chi connectivity index (χ0v) is 16.7. The van der Waals surface area contributed by atoms with E-state index < -0.39 is 0 Å². The second-order valence-electron chi connectivity index (χ2n) is 5.50. The minimum absolute atomic E-state index is 0.0508. The Balaban J connectivity index is 0.00000176. The van der Waals surface area contributed by atoms with Gasteiger partial charge < -0.3 is 14.7 Å². The summed E-state index contributed by atoms with van der Waals surface area (Å²) in [5.41, 5.74) is 2.66. The summed E-state index contributed by atoms with van der Waals surface area (Å²) in [7, 11) is 2.95. The van der Waals surface area contributed by atoms with Crippen LogP contribution in [-0.2, 0) is 9.59 Å². The first kappa shape index (κ1) is 22.3. The number of rotatable bonds is 8. The molecule has 0 aliphatic heterocycles. The number of benzene rings is 1. The van der Waals surface area contributed by atoms with Crippen LogP contribution in [0.1, 0.15) is 13.8 Å². The maximum absolute atomic E-state index is 10.7. The number of aliphatic hydroxyl groups excluding tert-OH is 1. The Labute approximate surface area is 163 Å². The number of hydrogen-bond donors (Lipinski definition) is 1. The Kier molecular flexibility index (Phi) is 9.71. The van der Waals surface area contributed by atoms with E-state index >= 15 is 0 Å². The van der Waals surface area contributed by atoms with E-state index in [1.165, 1.54) is 0 Å². The lowest BCUT2D eigenvalue weighted by molar-refractivity contribution is -0.109. The van der Waals surface area contributed by atoms with Crippen LogP contribution in [-0.4, -0.2) is 43.4 Å². The van der Waals surface area contributed by atoms with E-state index in [0.29, 0.717) is 11.3 Å². The second kappa shape index (κ2) is 11.8. The number of anilines is 1. The molecule has 7 heteroatoms. The molecule has 0 unspecified atom stereocenters. The van der Waals surface area contributed by atoms with Crippen LogP contribution in [0, 0.1) is 0 Å². The Hall–Kier alpha value is -2.77. The SMILES string of the molecule is C/C(C=O)=C/C(C)=C\N(C)c1cnc(-c2ccc(OCC=O)cc2)s1.CO. The van der Waals surface area contributed by atoms with Gasteiger partial charge in [0.1, 0.15) is 28.7 Å². The zero-order chi connectivity index (χ0) is 20.2. The number of aromatic nitrogens is 1. The van der Waals surface area contributed by atoms with Gasteiger partial charge in [0, 0.05) is 25.9 Å². The minimum Gasteiger partial charge on any atom is -0.486 e. The van der Waals surface area contributed by atoms with Crippen LogP contribution in [0.4, 0.5) is 5.00 Å². The Morgan fingerprint density at radius 2 is 1.85 bits per heavy atom. The number of carbonyl (C=O) groups is 2. The molecule has 0 amide bonds. The highest BCUT2D eigenvalue weighted by Gasteiger charge is 2.07. The number of carbonyl (C=O) groups excluding carboxylic acids is 2. The van der Waals surface area contributed by atoms with E-state index in [0.717, 1.165) is 40.8 Å². The molecule has 0 atom stereocenters. The molecular weight excluding hydrogens is 364 g/mol. The Bertz CT molecular complexity index is 795. The molecule has 1 N–H and O–H groups in total. The molecule has 0 bridgehead atoms. The summed E-state index contributed by atoms with van der Waals surface area (Å²) in [6.07, 6.45) is 7.17. The zero-order valence-electron chi connectivity index (χ0n) is 15.9. The predicted octanol–water partition coefficient (Wildman–Crippen LogP) is 3.48. The third-order valence-corrected chi connectivity index (χ3v) is 4.44. The fourth-order valence-electron chi connectivity index (χ4n) is 2.19. The van der Waals surface area contributed by atoms with Crippen molar-refractivity contribution >= 4 is 28.9 Å². The molecule has 6 nitrogen and oxygen atoms in total. The van der Waals surface area contributed by atoms with Crippen LogP contribution in [0.25, 0.3) is 10.6 Å². The number of aliphatic hydroxyl groups is 1. The molecule has 0 aliphatic rings. The maximum Gasteiger partial charge on any atom is 0.157 e. The van der Waals surface area contributed by atoms with Crippen LogP contribution in [0.15, 0.2) is 53.9 Å². The number of allylic oxidation sites excluding steroid dienone is 3. The molecule has 27 heavy (non-hydrogen) atoms. The Morgan fingerprint density at radius 3 is 2.44 bits per heavy atom. The van der Waals surface area contributed by atoms with Crippen molar-refractivity contribution in [3.63, 3.8) is 0 Å². The van der Waals surface area contributed by atoms with Gasteiger partial charge in [0.05, 0.1) is 6.20 Å². The lowest BCUT2D eigenvalue weighted by Gasteiger charge is -2.11. The van der Waals surface area contributed by atoms with Gasteiger partial charge in [0.15, 0.2) is 6.29 Å². The van der Waals surface area contributed by atoms with Crippen molar-refractivity contribution in [2.24, 2.45) is 0 Å². The van der Waals surface area contributed by atoms with Crippen molar-refractivity contribution in [1.82, 2.24) is 4.98 Å². The summed E-state index contributed by atoms with van der Waals surface area (Å²) in [6.45, 7) is 3.77. The van der Waals surface area contributed by atoms with E-state index in [1.54, 1.807) is 18.3 Å². The highest BCUT2D eigenvalue weighted by molar-refractivity contribution is 7.18. The molecule has 2 aromatic rings. The molecule has 1 aromatic carbocycles. The maximum atomic E-state index is 10.7. The van der Waals surface area contributed by atoms with Gasteiger partial charge in [-0.2, -0.15) is 0 Å². The first-order valence-electron chi connectivity index (χ1n) is 8.15. The average Bonchev–Trinajstić information content (AvgIpc) is 3.18. The van der Waals surface area contributed by atoms with Gasteiger partial charge in [-0.05, 0) is 49.3 Å². The van der Waals surface area contributed by atoms with E-state index in [2.05, 4.69) is 4.98 Å². The normalized spacial score (nSPS) is 11.3. The second-order valence-corrected chi connectivity index (χ2v) is 6.51. The number of thiazole rings is 1. The van der Waals surface area contributed by atoms with Crippen molar-refractivity contribution in [1.29, 1.82) is 0 Å². The highest BCUT2D eigenvalue weighted by Crippen LogP contribution is 2.31. The van der Waals surface area contributed by atoms with Crippen molar-refractivity contribution in [2.45, 2.75) is 13.8 Å². The van der Waals surface area contributed by atoms with Gasteiger partial charge in [-0.15, -0.1) is 0 Å². The van der Waals surface area contributed by atoms with Crippen LogP contribution >= 0.6 is 11.3 Å². The van der Waals surface area contributed by atoms with Crippen LogP contribution in [0.5, 0.6) is 5.75 Å². The molecule has 1 aromatic heterocycles. The number of nitrogens with zero attached hydrogens (tertiary/aromatic N) is 2. The van der Waals surface area contributed by atoms with Gasteiger partial charge in [-0.25, -0.2) is 4.98 Å². The topological polar surface area (TPSA) is 79.7 Å². The fourth-order valence-corrected chi connectivity index (χ4v) is 3.05. The smallest absolute Gasteiger partial charge is 0.157 e. The van der Waals surface area contributed by atoms with Crippen LogP contribution in [0.2, 0.25) is 0 Å². The largest absolute Gasteiger partial charge is 0.486 e. The van der Waals surface area contributed by atoms with Crippen molar-refractivity contribution < 1.29 is 19.4 Å². The molecule has 2 rings (SSSR count). The van der Waals surface area contributed by atoms with Gasteiger partial charge in [0.25, 0.3) is 0 Å². The number of aldehydes is 2. The third kappa shape index (κ3) is 7.16. The summed E-state index contributed by atoms with van der Waals surface area (Å²) < 4.78 is 5.24. The fraction of sp³-hybridized carbons (Fsp3) is 0.250. The van der Waals surface area contributed by atoms with E-state index in [9.17, 15) is 9.59 Å². The monoisotopic (exact) mass is 388 g/mol. The van der Waals surface area contributed by atoms with E-state index in [-0.39, 0.29) is 6.61 Å². The molecule has 0 radical (unpaired) electrons. The molecular formula is C20H24N2O4S. The highest BCUT2D eigenvalue weighted by atomic mass is 32.1. The average molecular weight is 388 g/mol. The molecule has 0 saturated carbocycles. The standard InChI is InChI=1S/C19H20N2O3S.CH4O/c1-14(10-15(2)13-23)12-21(3)18-11-20-19(25-18)16-4-6-17(7-5-16)24-9-8-22;1-2/h4-8,10-13H,9H2,1-3H3;2H,1H3/b14-12-,15-10-;. The lowest BCUT2D eigenvalue weighted by atomic mass is 10.2. The van der Waals surface area contributed by atoms with Gasteiger partial charge >= 0.3 is 0 Å². The molecule has 0 spiro atoms. The lowest BCUT2D eigenvalue weighted by Crippen LogP contribution is -2.06. The summed E-state index contributed by atoms with van der Waals surface area (Å²) in [5, 5.41) is 8.89. The van der Waals surface area contributed by atoms with E-state index in [4.69, 9.17) is 9.84 Å². The van der Waals surface area contributed by atoms with Crippen molar-refractivity contribution in [3.05, 3.63) is 53.9 Å². The number of ether oxygens (including phenoxy) is 1. The third-order valence-electron chi connectivity index (χ3n) is 3.30. The Morgan fingerprint density at radius 1 is 1.19 bits per heavy atom. The van der Waals surface area contributed by atoms with Gasteiger partial charge in [0.2, 0.25) is 0 Å². The predicted molar refractivity (Wildman–Crippen MR) is 109 cm³/mol. The summed E-state index contributed by atoms with van der Waals surface area (Å²) in [5.74, 6) is 0.653. The van der Waals surface area contributed by atoms with Crippen molar-refractivity contribution in [3.8, 4) is 16.3 Å².